The zero-order valence-corrected chi connectivity index (χ0v) is 13.8. The van der Waals surface area contributed by atoms with E-state index in [0.717, 1.165) is 12.1 Å². The SMILES string of the molecule is CC(C)(C)OC(=O)Nc1nc(C=CCc2ccccc2)cs1. The summed E-state index contributed by atoms with van der Waals surface area (Å²) in [6.45, 7) is 5.48. The summed E-state index contributed by atoms with van der Waals surface area (Å²) in [5.74, 6) is 0. The van der Waals surface area contributed by atoms with Crippen molar-refractivity contribution in [3.8, 4) is 0 Å². The zero-order chi connectivity index (χ0) is 16.0. The third-order valence-electron chi connectivity index (χ3n) is 2.61. The summed E-state index contributed by atoms with van der Waals surface area (Å²) in [6, 6.07) is 10.2. The van der Waals surface area contributed by atoms with Gasteiger partial charge in [0.15, 0.2) is 5.13 Å². The molecular formula is C17H20N2O2S. The Bertz CT molecular complexity index is 642. The predicted octanol–water partition coefficient (Wildman–Crippen LogP) is 4.75. The average Bonchev–Trinajstić information content (AvgIpc) is 2.85. The van der Waals surface area contributed by atoms with Crippen molar-refractivity contribution < 1.29 is 9.53 Å². The molecule has 4 nitrogen and oxygen atoms in total. The van der Waals surface area contributed by atoms with E-state index in [-0.39, 0.29) is 0 Å². The Balaban J connectivity index is 1.87. The molecule has 0 atom stereocenters. The Morgan fingerprint density at radius 1 is 1.32 bits per heavy atom. The molecule has 116 valence electrons. The lowest BCUT2D eigenvalue weighted by atomic mass is 10.1. The van der Waals surface area contributed by atoms with E-state index in [4.69, 9.17) is 4.74 Å². The molecule has 1 amide bonds. The van der Waals surface area contributed by atoms with Crippen LogP contribution in [0.1, 0.15) is 32.0 Å². The van der Waals surface area contributed by atoms with E-state index in [1.807, 2.05) is 50.4 Å². The van der Waals surface area contributed by atoms with Crippen LogP contribution < -0.4 is 5.32 Å². The van der Waals surface area contributed by atoms with Gasteiger partial charge < -0.3 is 4.74 Å². The summed E-state index contributed by atoms with van der Waals surface area (Å²) < 4.78 is 5.19. The number of hydrogen-bond acceptors (Lipinski definition) is 4. The second-order valence-electron chi connectivity index (χ2n) is 5.80. The van der Waals surface area contributed by atoms with Gasteiger partial charge in [0.25, 0.3) is 0 Å². The number of carbonyl (C=O) groups is 1. The van der Waals surface area contributed by atoms with Crippen LogP contribution in [0.2, 0.25) is 0 Å². The summed E-state index contributed by atoms with van der Waals surface area (Å²) in [5.41, 5.74) is 1.56. The van der Waals surface area contributed by atoms with Crippen molar-refractivity contribution in [2.45, 2.75) is 32.8 Å². The fourth-order valence-electron chi connectivity index (χ4n) is 1.74. The minimum atomic E-state index is -0.514. The van der Waals surface area contributed by atoms with Crippen LogP contribution >= 0.6 is 11.3 Å². The van der Waals surface area contributed by atoms with Crippen LogP contribution in [0.5, 0.6) is 0 Å². The maximum atomic E-state index is 11.7. The van der Waals surface area contributed by atoms with Crippen LogP contribution in [-0.4, -0.2) is 16.7 Å². The molecule has 0 aliphatic rings. The number of hydrogen-bond donors (Lipinski definition) is 1. The van der Waals surface area contributed by atoms with Crippen LogP contribution in [-0.2, 0) is 11.2 Å². The van der Waals surface area contributed by atoms with Gasteiger partial charge in [0.2, 0.25) is 0 Å². The second kappa shape index (κ2) is 7.22. The van der Waals surface area contributed by atoms with Crippen LogP contribution in [0.25, 0.3) is 6.08 Å². The summed E-state index contributed by atoms with van der Waals surface area (Å²) >= 11 is 1.38. The Kier molecular flexibility index (Phi) is 5.33. The minimum absolute atomic E-state index is 0.485. The number of rotatable bonds is 4. The number of ether oxygens (including phenoxy) is 1. The summed E-state index contributed by atoms with van der Waals surface area (Å²) in [5, 5.41) is 5.07. The van der Waals surface area contributed by atoms with E-state index in [1.54, 1.807) is 0 Å². The lowest BCUT2D eigenvalue weighted by Gasteiger charge is -2.18. The third kappa shape index (κ3) is 5.69. The normalized spacial score (nSPS) is 11.6. The highest BCUT2D eigenvalue weighted by atomic mass is 32.1. The molecule has 0 bridgehead atoms. The summed E-state index contributed by atoms with van der Waals surface area (Å²) in [6.07, 6.45) is 4.38. The molecule has 1 N–H and O–H groups in total. The van der Waals surface area contributed by atoms with Crippen molar-refractivity contribution in [2.24, 2.45) is 0 Å². The highest BCUT2D eigenvalue weighted by Crippen LogP contribution is 2.18. The molecular weight excluding hydrogens is 296 g/mol. The monoisotopic (exact) mass is 316 g/mol. The first-order chi connectivity index (χ1) is 10.4. The molecule has 2 rings (SSSR count). The fraction of sp³-hybridized carbons (Fsp3) is 0.294. The molecule has 0 fully saturated rings. The minimum Gasteiger partial charge on any atom is -0.444 e. The van der Waals surface area contributed by atoms with Crippen molar-refractivity contribution in [1.29, 1.82) is 0 Å². The molecule has 0 saturated heterocycles. The Hall–Kier alpha value is -2.14. The highest BCUT2D eigenvalue weighted by Gasteiger charge is 2.16. The van der Waals surface area contributed by atoms with Crippen molar-refractivity contribution >= 4 is 28.6 Å². The van der Waals surface area contributed by atoms with Crippen LogP contribution in [0.3, 0.4) is 0 Å². The van der Waals surface area contributed by atoms with Gasteiger partial charge in [-0.15, -0.1) is 11.3 Å². The Labute approximate surface area is 134 Å². The van der Waals surface area contributed by atoms with Crippen molar-refractivity contribution in [1.82, 2.24) is 4.98 Å². The van der Waals surface area contributed by atoms with Gasteiger partial charge >= 0.3 is 6.09 Å². The van der Waals surface area contributed by atoms with Crippen molar-refractivity contribution in [3.63, 3.8) is 0 Å². The smallest absolute Gasteiger partial charge is 0.413 e. The number of anilines is 1. The Morgan fingerprint density at radius 2 is 2.05 bits per heavy atom. The molecule has 0 aliphatic heterocycles. The molecule has 0 unspecified atom stereocenters. The molecule has 0 spiro atoms. The van der Waals surface area contributed by atoms with E-state index in [2.05, 4.69) is 28.5 Å². The van der Waals surface area contributed by atoms with E-state index >= 15 is 0 Å². The van der Waals surface area contributed by atoms with E-state index < -0.39 is 11.7 Å². The molecule has 5 heteroatoms. The van der Waals surface area contributed by atoms with Crippen molar-refractivity contribution in [2.75, 3.05) is 5.32 Å². The topological polar surface area (TPSA) is 51.2 Å². The van der Waals surface area contributed by atoms with Crippen LogP contribution in [0, 0.1) is 0 Å². The lowest BCUT2D eigenvalue weighted by Crippen LogP contribution is -2.27. The van der Waals surface area contributed by atoms with Gasteiger partial charge in [-0.3, -0.25) is 5.32 Å². The summed E-state index contributed by atoms with van der Waals surface area (Å²) in [4.78, 5) is 16.0. The number of nitrogens with one attached hydrogen (secondary N) is 1. The number of benzene rings is 1. The number of nitrogens with zero attached hydrogens (tertiary/aromatic N) is 1. The molecule has 1 aromatic heterocycles. The van der Waals surface area contributed by atoms with Gasteiger partial charge in [0.1, 0.15) is 5.60 Å². The van der Waals surface area contributed by atoms with E-state index in [0.29, 0.717) is 5.13 Å². The fourth-order valence-corrected chi connectivity index (χ4v) is 2.40. The highest BCUT2D eigenvalue weighted by molar-refractivity contribution is 7.14. The third-order valence-corrected chi connectivity index (χ3v) is 3.39. The second-order valence-corrected chi connectivity index (χ2v) is 6.65. The number of carbonyl (C=O) groups excluding carboxylic acids is 1. The maximum absolute atomic E-state index is 11.7. The van der Waals surface area contributed by atoms with Gasteiger partial charge in [0.05, 0.1) is 5.69 Å². The van der Waals surface area contributed by atoms with E-state index in [9.17, 15) is 4.79 Å². The molecule has 22 heavy (non-hydrogen) atoms. The average molecular weight is 316 g/mol. The first-order valence-corrected chi connectivity index (χ1v) is 7.96. The van der Waals surface area contributed by atoms with Crippen molar-refractivity contribution in [3.05, 3.63) is 53.0 Å². The number of allylic oxidation sites excluding steroid dienone is 1. The molecule has 0 aliphatic carbocycles. The first kappa shape index (κ1) is 16.2. The predicted molar refractivity (Wildman–Crippen MR) is 91.2 cm³/mol. The molecule has 2 aromatic rings. The summed E-state index contributed by atoms with van der Waals surface area (Å²) in [7, 11) is 0. The molecule has 1 heterocycles. The van der Waals surface area contributed by atoms with Gasteiger partial charge in [-0.2, -0.15) is 0 Å². The Morgan fingerprint density at radius 3 is 2.73 bits per heavy atom. The van der Waals surface area contributed by atoms with Gasteiger partial charge in [-0.25, -0.2) is 9.78 Å². The molecule has 0 radical (unpaired) electrons. The molecule has 0 saturated carbocycles. The van der Waals surface area contributed by atoms with Gasteiger partial charge in [-0.05, 0) is 38.8 Å². The lowest BCUT2D eigenvalue weighted by molar-refractivity contribution is 0.0636. The molecule has 1 aromatic carbocycles. The van der Waals surface area contributed by atoms with Gasteiger partial charge in [0, 0.05) is 5.38 Å². The standard InChI is InChI=1S/C17H20N2O2S/c1-17(2,3)21-16(20)19-15-18-14(12-22-15)11-7-10-13-8-5-4-6-9-13/h4-9,11-12H,10H2,1-3H3,(H,18,19,20). The van der Waals surface area contributed by atoms with Crippen LogP contribution in [0.15, 0.2) is 41.8 Å². The zero-order valence-electron chi connectivity index (χ0n) is 13.0. The number of aromatic nitrogens is 1. The largest absolute Gasteiger partial charge is 0.444 e. The maximum Gasteiger partial charge on any atom is 0.413 e. The van der Waals surface area contributed by atoms with E-state index in [1.165, 1.54) is 16.9 Å². The number of thiazole rings is 1. The van der Waals surface area contributed by atoms with Crippen LogP contribution in [0.4, 0.5) is 9.93 Å². The quantitative estimate of drug-likeness (QED) is 0.886. The van der Waals surface area contributed by atoms with Gasteiger partial charge in [-0.1, -0.05) is 36.4 Å². The number of amides is 1. The first-order valence-electron chi connectivity index (χ1n) is 7.08.